The maximum absolute atomic E-state index is 12.5. The van der Waals surface area contributed by atoms with Gasteiger partial charge in [-0.15, -0.1) is 0 Å². The fraction of sp³-hybridized carbons (Fsp3) is 0.391. The molecule has 0 bridgehead atoms. The Kier molecular flexibility index (Phi) is 11.1. The van der Waals surface area contributed by atoms with Gasteiger partial charge in [0, 0.05) is 23.1 Å². The maximum atomic E-state index is 12.5. The number of methoxy groups -OCH3 is 1. The van der Waals surface area contributed by atoms with Crippen LogP contribution in [0.1, 0.15) is 68.6 Å². The van der Waals surface area contributed by atoms with Gasteiger partial charge in [0.15, 0.2) is 11.6 Å². The normalized spacial score (nSPS) is 10.0. The van der Waals surface area contributed by atoms with Crippen LogP contribution < -0.4 is 5.32 Å². The average Bonchev–Trinajstić information content (AvgIpc) is 2.79. The number of ether oxygens (including phenoxy) is 4. The number of hydrogen-bond donors (Lipinski definition) is 1. The van der Waals surface area contributed by atoms with E-state index in [4.69, 9.17) is 14.2 Å². The van der Waals surface area contributed by atoms with E-state index in [0.717, 1.165) is 19.2 Å². The number of ketones is 2. The van der Waals surface area contributed by atoms with Crippen LogP contribution in [0, 0.1) is 0 Å². The van der Waals surface area contributed by atoms with Gasteiger partial charge in [0.2, 0.25) is 0 Å². The highest BCUT2D eigenvalue weighted by Gasteiger charge is 2.24. The van der Waals surface area contributed by atoms with Crippen molar-refractivity contribution in [3.05, 3.63) is 46.5 Å². The molecule has 0 radical (unpaired) electrons. The first-order valence-corrected chi connectivity index (χ1v) is 10.2. The Hall–Kier alpha value is -4.02. The van der Waals surface area contributed by atoms with Crippen LogP contribution >= 0.6 is 0 Å². The highest BCUT2D eigenvalue weighted by Crippen LogP contribution is 2.21. The summed E-state index contributed by atoms with van der Waals surface area (Å²) in [4.78, 5) is 71.2. The second-order valence-corrected chi connectivity index (χ2v) is 7.02. The van der Waals surface area contributed by atoms with Crippen LogP contribution in [0.5, 0.6) is 0 Å². The number of carbonyl (C=O) groups excluding carboxylic acids is 6. The molecule has 0 aliphatic carbocycles. The molecule has 0 aliphatic heterocycles. The summed E-state index contributed by atoms with van der Waals surface area (Å²) in [7, 11) is 1.12. The van der Waals surface area contributed by atoms with Crippen molar-refractivity contribution in [1.29, 1.82) is 0 Å². The van der Waals surface area contributed by atoms with Crippen molar-refractivity contribution in [1.82, 2.24) is 5.32 Å². The molecule has 184 valence electrons. The lowest BCUT2D eigenvalue weighted by Crippen LogP contribution is -2.29. The van der Waals surface area contributed by atoms with Gasteiger partial charge in [-0.05, 0) is 32.9 Å². The Morgan fingerprint density at radius 3 is 1.82 bits per heavy atom. The highest BCUT2D eigenvalue weighted by molar-refractivity contribution is 6.12. The minimum absolute atomic E-state index is 0.0411. The summed E-state index contributed by atoms with van der Waals surface area (Å²) in [6.45, 7) is 7.11. The first-order valence-electron chi connectivity index (χ1n) is 10.2. The van der Waals surface area contributed by atoms with Crippen molar-refractivity contribution >= 4 is 35.6 Å². The number of Topliss-reactive ketones (excluding diaryl/α,β-unsaturated/α-hetero) is 2. The third kappa shape index (κ3) is 8.49. The van der Waals surface area contributed by atoms with E-state index in [2.05, 4.69) is 16.6 Å². The van der Waals surface area contributed by atoms with Gasteiger partial charge in [-0.25, -0.2) is 19.2 Å². The molecule has 0 unspecified atom stereocenters. The minimum atomic E-state index is -0.894. The number of carbonyl (C=O) groups is 6. The molecule has 0 aromatic heterocycles. The summed E-state index contributed by atoms with van der Waals surface area (Å²) >= 11 is 0. The Labute approximate surface area is 196 Å². The van der Waals surface area contributed by atoms with Gasteiger partial charge >= 0.3 is 24.0 Å². The minimum Gasteiger partial charge on any atom is -0.465 e. The summed E-state index contributed by atoms with van der Waals surface area (Å²) in [6, 6.07) is 2.25. The second kappa shape index (κ2) is 13.5. The molecule has 1 aromatic rings. The smallest absolute Gasteiger partial charge is 0.407 e. The van der Waals surface area contributed by atoms with E-state index < -0.39 is 35.6 Å². The summed E-state index contributed by atoms with van der Waals surface area (Å²) in [5.41, 5.74) is -0.251. The van der Waals surface area contributed by atoms with Crippen molar-refractivity contribution in [2.75, 3.05) is 33.5 Å². The van der Waals surface area contributed by atoms with E-state index in [9.17, 15) is 28.8 Å². The molecule has 0 saturated heterocycles. The van der Waals surface area contributed by atoms with Crippen LogP contribution in [-0.2, 0) is 23.7 Å². The van der Waals surface area contributed by atoms with Crippen LogP contribution in [-0.4, -0.2) is 69.0 Å². The van der Waals surface area contributed by atoms with Crippen LogP contribution in [0.15, 0.2) is 24.3 Å². The Bertz CT molecular complexity index is 996. The summed E-state index contributed by atoms with van der Waals surface area (Å²) in [6.07, 6.45) is -0.603. The number of nitrogens with one attached hydrogen (secondary N) is 1. The van der Waals surface area contributed by atoms with E-state index in [1.165, 1.54) is 20.8 Å². The van der Waals surface area contributed by atoms with Crippen molar-refractivity contribution in [3.63, 3.8) is 0 Å². The van der Waals surface area contributed by atoms with Gasteiger partial charge in [-0.1, -0.05) is 6.58 Å². The molecule has 1 amide bonds. The van der Waals surface area contributed by atoms with E-state index in [1.54, 1.807) is 0 Å². The number of hydrogen-bond acceptors (Lipinski definition) is 10. The molecule has 0 saturated carbocycles. The Morgan fingerprint density at radius 2 is 1.29 bits per heavy atom. The van der Waals surface area contributed by atoms with Gasteiger partial charge in [0.1, 0.15) is 6.61 Å². The molecule has 11 heteroatoms. The van der Waals surface area contributed by atoms with Crippen molar-refractivity contribution < 1.29 is 47.7 Å². The van der Waals surface area contributed by atoms with Crippen LogP contribution in [0.2, 0.25) is 0 Å². The number of alkyl carbamates (subject to hydrolysis) is 1. The first kappa shape index (κ1) is 28.0. The third-order valence-electron chi connectivity index (χ3n) is 4.25. The van der Waals surface area contributed by atoms with Gasteiger partial charge in [-0.3, -0.25) is 9.59 Å². The number of amides is 1. The predicted octanol–water partition coefficient (Wildman–Crippen LogP) is 2.27. The van der Waals surface area contributed by atoms with Gasteiger partial charge in [0.25, 0.3) is 0 Å². The van der Waals surface area contributed by atoms with E-state index >= 15 is 0 Å². The fourth-order valence-corrected chi connectivity index (χ4v) is 2.57. The van der Waals surface area contributed by atoms with Gasteiger partial charge in [-0.2, -0.15) is 0 Å². The molecule has 11 nitrogen and oxygen atoms in total. The monoisotopic (exact) mass is 477 g/mol. The molecular weight excluding hydrogens is 450 g/mol. The first-order chi connectivity index (χ1) is 16.0. The van der Waals surface area contributed by atoms with Crippen molar-refractivity contribution in [3.8, 4) is 0 Å². The molecule has 0 aliphatic rings. The van der Waals surface area contributed by atoms with Crippen LogP contribution in [0.3, 0.4) is 0 Å². The summed E-state index contributed by atoms with van der Waals surface area (Å²) in [5, 5.41) is 2.37. The zero-order chi connectivity index (χ0) is 25.8. The molecule has 1 rings (SSSR count). The predicted molar refractivity (Wildman–Crippen MR) is 118 cm³/mol. The molecule has 0 heterocycles. The molecule has 0 atom stereocenters. The van der Waals surface area contributed by atoms with Crippen LogP contribution in [0.25, 0.3) is 0 Å². The lowest BCUT2D eigenvalue weighted by atomic mass is 9.94. The summed E-state index contributed by atoms with van der Waals surface area (Å²) < 4.78 is 19.5. The van der Waals surface area contributed by atoms with Crippen LogP contribution in [0.4, 0.5) is 4.79 Å². The van der Waals surface area contributed by atoms with E-state index in [0.29, 0.717) is 0 Å². The van der Waals surface area contributed by atoms with Crippen molar-refractivity contribution in [2.24, 2.45) is 0 Å². The van der Waals surface area contributed by atoms with E-state index in [1.807, 2.05) is 0 Å². The lowest BCUT2D eigenvalue weighted by molar-refractivity contribution is -0.138. The quantitative estimate of drug-likeness (QED) is 0.156. The van der Waals surface area contributed by atoms with Gasteiger partial charge in [0.05, 0.1) is 38.0 Å². The Morgan fingerprint density at radius 1 is 0.765 bits per heavy atom. The number of rotatable bonds is 12. The third-order valence-corrected chi connectivity index (χ3v) is 4.25. The maximum Gasteiger partial charge on any atom is 0.407 e. The fourth-order valence-electron chi connectivity index (χ4n) is 2.57. The van der Waals surface area contributed by atoms with Gasteiger partial charge < -0.3 is 24.3 Å². The standard InChI is InChI=1S/C23H27NO10/c1-13(2)20(27)33-10-7-24-23(30)34-9-6-8-32-22(29)19-12-18(21(28)31-5)16(14(3)25)11-17(19)15(4)26/h11-12H,1,6-10H2,2-5H3,(H,24,30). The molecule has 34 heavy (non-hydrogen) atoms. The van der Waals surface area contributed by atoms with Crippen molar-refractivity contribution in [2.45, 2.75) is 27.2 Å². The lowest BCUT2D eigenvalue weighted by Gasteiger charge is -2.13. The second-order valence-electron chi connectivity index (χ2n) is 7.02. The zero-order valence-electron chi connectivity index (χ0n) is 19.5. The van der Waals surface area contributed by atoms with E-state index in [-0.39, 0.29) is 60.6 Å². The average molecular weight is 477 g/mol. The number of benzene rings is 1. The molecule has 0 fully saturated rings. The SMILES string of the molecule is C=C(C)C(=O)OCCNC(=O)OCCCOC(=O)c1cc(C(=O)OC)c(C(C)=O)cc1C(C)=O. The molecule has 1 N–H and O–H groups in total. The zero-order valence-corrected chi connectivity index (χ0v) is 19.5. The highest BCUT2D eigenvalue weighted by atomic mass is 16.6. The Balaban J connectivity index is 2.62. The topological polar surface area (TPSA) is 151 Å². The number of esters is 3. The molecule has 0 spiro atoms. The molecular formula is C23H27NO10. The summed E-state index contributed by atoms with van der Waals surface area (Å²) in [5.74, 6) is -3.29. The molecule has 1 aromatic carbocycles. The largest absolute Gasteiger partial charge is 0.465 e.